The van der Waals surface area contributed by atoms with E-state index in [1.165, 1.54) is 11.8 Å². The number of hydrogen-bond donors (Lipinski definition) is 1. The molecule has 1 saturated heterocycles. The van der Waals surface area contributed by atoms with Crippen molar-refractivity contribution in [1.29, 1.82) is 0 Å². The van der Waals surface area contributed by atoms with E-state index >= 15 is 0 Å². The van der Waals surface area contributed by atoms with Gasteiger partial charge in [-0.1, -0.05) is 30.4 Å². The van der Waals surface area contributed by atoms with Crippen molar-refractivity contribution < 1.29 is 14.7 Å². The number of pyridine rings is 1. The van der Waals surface area contributed by atoms with Gasteiger partial charge >= 0.3 is 5.97 Å². The summed E-state index contributed by atoms with van der Waals surface area (Å²) in [6.45, 7) is 0.529. The SMILES string of the molecule is O=C(O)CCCCCN1C(=O)C(=Cc2cc(-c3cncc(Br)c3)cs2)SC1=S. The largest absolute Gasteiger partial charge is 0.481 e. The van der Waals surface area contributed by atoms with Crippen molar-refractivity contribution in [1.82, 2.24) is 9.88 Å². The zero-order valence-corrected chi connectivity index (χ0v) is 18.8. The molecule has 1 aliphatic rings. The second-order valence-electron chi connectivity index (χ2n) is 6.17. The Morgan fingerprint density at radius 3 is 2.82 bits per heavy atom. The van der Waals surface area contributed by atoms with Crippen molar-refractivity contribution in [2.24, 2.45) is 0 Å². The highest BCUT2D eigenvalue weighted by Crippen LogP contribution is 2.35. The fraction of sp³-hybridized carbons (Fsp3) is 0.263. The van der Waals surface area contributed by atoms with Crippen LogP contribution in [-0.2, 0) is 9.59 Å². The predicted octanol–water partition coefficient (Wildman–Crippen LogP) is 5.42. The minimum atomic E-state index is -0.789. The van der Waals surface area contributed by atoms with Crippen LogP contribution in [0.4, 0.5) is 0 Å². The van der Waals surface area contributed by atoms with E-state index in [4.69, 9.17) is 17.3 Å². The van der Waals surface area contributed by atoms with E-state index in [9.17, 15) is 9.59 Å². The van der Waals surface area contributed by atoms with Crippen LogP contribution in [0, 0.1) is 0 Å². The van der Waals surface area contributed by atoms with Crippen molar-refractivity contribution in [3.05, 3.63) is 44.2 Å². The number of aromatic nitrogens is 1. The second-order valence-corrected chi connectivity index (χ2v) is 9.70. The fourth-order valence-electron chi connectivity index (χ4n) is 2.69. The first kappa shape index (κ1) is 21.2. The van der Waals surface area contributed by atoms with Gasteiger partial charge < -0.3 is 5.11 Å². The maximum absolute atomic E-state index is 12.7. The maximum Gasteiger partial charge on any atom is 0.303 e. The van der Waals surface area contributed by atoms with Crippen molar-refractivity contribution >= 4 is 73.5 Å². The van der Waals surface area contributed by atoms with Crippen LogP contribution in [0.15, 0.2) is 39.3 Å². The molecule has 0 aromatic carbocycles. The predicted molar refractivity (Wildman–Crippen MR) is 121 cm³/mol. The number of thiophene rings is 1. The van der Waals surface area contributed by atoms with Gasteiger partial charge in [0.05, 0.1) is 4.91 Å². The lowest BCUT2D eigenvalue weighted by Crippen LogP contribution is -2.29. The van der Waals surface area contributed by atoms with Crippen LogP contribution in [-0.4, -0.2) is 37.7 Å². The minimum Gasteiger partial charge on any atom is -0.481 e. The molecule has 3 rings (SSSR count). The summed E-state index contributed by atoms with van der Waals surface area (Å²) in [7, 11) is 0. The lowest BCUT2D eigenvalue weighted by atomic mass is 10.1. The van der Waals surface area contributed by atoms with Crippen LogP contribution in [0.1, 0.15) is 30.6 Å². The van der Waals surface area contributed by atoms with E-state index in [2.05, 4.69) is 20.9 Å². The Bertz CT molecular complexity index is 942. The Labute approximate surface area is 185 Å². The number of carbonyl (C=O) groups excluding carboxylic acids is 1. The zero-order chi connectivity index (χ0) is 20.1. The van der Waals surface area contributed by atoms with E-state index < -0.39 is 5.97 Å². The summed E-state index contributed by atoms with van der Waals surface area (Å²) >= 11 is 11.7. The van der Waals surface area contributed by atoms with E-state index in [1.54, 1.807) is 28.6 Å². The van der Waals surface area contributed by atoms with Gasteiger partial charge in [-0.2, -0.15) is 0 Å². The number of aliphatic carboxylic acids is 1. The summed E-state index contributed by atoms with van der Waals surface area (Å²) in [6, 6.07) is 4.04. The van der Waals surface area contributed by atoms with Gasteiger partial charge in [-0.3, -0.25) is 19.5 Å². The van der Waals surface area contributed by atoms with Gasteiger partial charge in [-0.05, 0) is 57.9 Å². The lowest BCUT2D eigenvalue weighted by Gasteiger charge is -2.13. The molecule has 146 valence electrons. The van der Waals surface area contributed by atoms with Crippen molar-refractivity contribution in [3.8, 4) is 11.1 Å². The highest BCUT2D eigenvalue weighted by atomic mass is 79.9. The molecule has 0 saturated carbocycles. The first-order chi connectivity index (χ1) is 13.4. The lowest BCUT2D eigenvalue weighted by molar-refractivity contribution is -0.137. The van der Waals surface area contributed by atoms with Crippen LogP contribution in [0.2, 0.25) is 0 Å². The molecule has 0 unspecified atom stereocenters. The molecule has 9 heteroatoms. The van der Waals surface area contributed by atoms with Gasteiger partial charge in [0, 0.05) is 40.3 Å². The summed E-state index contributed by atoms with van der Waals surface area (Å²) in [5.74, 6) is -0.866. The molecule has 0 radical (unpaired) electrons. The van der Waals surface area contributed by atoms with E-state index in [1.807, 2.05) is 23.6 Å². The number of carboxylic acid groups (broad SMARTS) is 1. The summed E-state index contributed by atoms with van der Waals surface area (Å²) in [5, 5.41) is 10.7. The molecular formula is C19H17BrN2O3S3. The first-order valence-corrected chi connectivity index (χ1v) is 11.5. The third-order valence-corrected chi connectivity index (χ3v) is 6.77. The molecule has 2 aromatic heterocycles. The smallest absolute Gasteiger partial charge is 0.303 e. The van der Waals surface area contributed by atoms with Gasteiger partial charge in [0.1, 0.15) is 4.32 Å². The molecule has 1 fully saturated rings. The number of thioether (sulfide) groups is 1. The Hall–Kier alpha value is -1.55. The number of amides is 1. The summed E-state index contributed by atoms with van der Waals surface area (Å²) in [5.41, 5.74) is 2.07. The standard InChI is InChI=1S/C19H17BrN2O3S3/c20-14-6-12(9-21-10-14)13-7-15(27-11-13)8-16-18(25)22(19(26)28-16)5-3-1-2-4-17(23)24/h6-11H,1-5H2,(H,23,24). The Kier molecular flexibility index (Phi) is 7.39. The Morgan fingerprint density at radius 2 is 2.07 bits per heavy atom. The Balaban J connectivity index is 1.63. The summed E-state index contributed by atoms with van der Waals surface area (Å²) < 4.78 is 1.48. The van der Waals surface area contributed by atoms with E-state index in [0.29, 0.717) is 22.2 Å². The number of carbonyl (C=O) groups is 2. The molecule has 0 spiro atoms. The quantitative estimate of drug-likeness (QED) is 0.299. The van der Waals surface area contributed by atoms with E-state index in [0.717, 1.165) is 33.3 Å². The highest BCUT2D eigenvalue weighted by molar-refractivity contribution is 9.10. The molecule has 28 heavy (non-hydrogen) atoms. The Morgan fingerprint density at radius 1 is 1.25 bits per heavy atom. The second kappa shape index (κ2) is 9.78. The zero-order valence-electron chi connectivity index (χ0n) is 14.8. The molecule has 2 aromatic rings. The average molecular weight is 497 g/mol. The highest BCUT2D eigenvalue weighted by Gasteiger charge is 2.31. The molecule has 0 aliphatic carbocycles. The van der Waals surface area contributed by atoms with Gasteiger partial charge in [0.25, 0.3) is 5.91 Å². The fourth-order valence-corrected chi connectivity index (χ4v) is 5.28. The number of thiocarbonyl (C=S) groups is 1. The van der Waals surface area contributed by atoms with Crippen LogP contribution in [0.3, 0.4) is 0 Å². The molecule has 1 aliphatic heterocycles. The number of carboxylic acids is 1. The number of halogens is 1. The molecule has 3 heterocycles. The molecule has 0 bridgehead atoms. The topological polar surface area (TPSA) is 70.5 Å². The number of nitrogens with zero attached hydrogens (tertiary/aromatic N) is 2. The summed E-state index contributed by atoms with van der Waals surface area (Å²) in [6.07, 6.45) is 7.70. The van der Waals surface area contributed by atoms with Crippen LogP contribution >= 0.6 is 51.2 Å². The monoisotopic (exact) mass is 496 g/mol. The third-order valence-electron chi connectivity index (χ3n) is 4.08. The van der Waals surface area contributed by atoms with Crippen LogP contribution in [0.25, 0.3) is 17.2 Å². The van der Waals surface area contributed by atoms with E-state index in [-0.39, 0.29) is 12.3 Å². The number of rotatable bonds is 8. The van der Waals surface area contributed by atoms with Crippen molar-refractivity contribution in [2.75, 3.05) is 6.54 Å². The minimum absolute atomic E-state index is 0.0766. The van der Waals surface area contributed by atoms with Crippen molar-refractivity contribution in [2.45, 2.75) is 25.7 Å². The third kappa shape index (κ3) is 5.50. The number of hydrogen-bond acceptors (Lipinski definition) is 6. The molecule has 0 atom stereocenters. The molecular weight excluding hydrogens is 480 g/mol. The van der Waals surface area contributed by atoms with Crippen LogP contribution in [0.5, 0.6) is 0 Å². The van der Waals surface area contributed by atoms with Crippen LogP contribution < -0.4 is 0 Å². The van der Waals surface area contributed by atoms with Gasteiger partial charge in [0.15, 0.2) is 0 Å². The first-order valence-electron chi connectivity index (χ1n) is 8.60. The molecule has 1 amide bonds. The normalized spacial score (nSPS) is 15.6. The van der Waals surface area contributed by atoms with Gasteiger partial charge in [0.2, 0.25) is 0 Å². The van der Waals surface area contributed by atoms with Gasteiger partial charge in [-0.15, -0.1) is 11.3 Å². The summed E-state index contributed by atoms with van der Waals surface area (Å²) in [4.78, 5) is 30.6. The van der Waals surface area contributed by atoms with Crippen molar-refractivity contribution in [3.63, 3.8) is 0 Å². The maximum atomic E-state index is 12.7. The molecule has 1 N–H and O–H groups in total. The molecule has 5 nitrogen and oxygen atoms in total. The average Bonchev–Trinajstić information content (AvgIpc) is 3.21. The van der Waals surface area contributed by atoms with Gasteiger partial charge in [-0.25, -0.2) is 0 Å². The number of unbranched alkanes of at least 4 members (excludes halogenated alkanes) is 2.